The van der Waals surface area contributed by atoms with E-state index in [1.165, 1.54) is 0 Å². The molecule has 0 spiro atoms. The Morgan fingerprint density at radius 2 is 2.25 bits per heavy atom. The number of anilines is 1. The topological polar surface area (TPSA) is 16.1 Å². The highest BCUT2D eigenvalue weighted by atomic mass is 79.9. The molecule has 2 rings (SSSR count). The third kappa shape index (κ3) is 2.63. The number of hydrogen-bond acceptors (Lipinski definition) is 2. The smallest absolute Gasteiger partial charge is 0.147 e. The highest BCUT2D eigenvalue weighted by molar-refractivity contribution is 9.09. The van der Waals surface area contributed by atoms with E-state index in [9.17, 15) is 0 Å². The van der Waals surface area contributed by atoms with Gasteiger partial charge in [0.25, 0.3) is 0 Å². The van der Waals surface area contributed by atoms with Crippen LogP contribution in [-0.4, -0.2) is 22.9 Å². The van der Waals surface area contributed by atoms with E-state index in [0.29, 0.717) is 20.8 Å². The van der Waals surface area contributed by atoms with E-state index in [2.05, 4.69) is 32.7 Å². The first-order chi connectivity index (χ1) is 7.58. The van der Waals surface area contributed by atoms with Crippen molar-refractivity contribution in [3.8, 4) is 0 Å². The third-order valence-electron chi connectivity index (χ3n) is 2.89. The largest absolute Gasteiger partial charge is 0.355 e. The van der Waals surface area contributed by atoms with E-state index in [4.69, 9.17) is 23.2 Å². The van der Waals surface area contributed by atoms with Crippen molar-refractivity contribution in [3.63, 3.8) is 0 Å². The minimum absolute atomic E-state index is 0.581. The zero-order valence-corrected chi connectivity index (χ0v) is 12.1. The number of rotatable bonds is 1. The molecule has 0 aromatic carbocycles. The minimum atomic E-state index is 0.581. The van der Waals surface area contributed by atoms with Gasteiger partial charge in [-0.3, -0.25) is 0 Å². The fraction of sp³-hybridized carbons (Fsp3) is 0.545. The van der Waals surface area contributed by atoms with Crippen molar-refractivity contribution < 1.29 is 0 Å². The number of piperidine rings is 1. The molecule has 5 heteroatoms. The molecule has 0 N–H and O–H groups in total. The van der Waals surface area contributed by atoms with Crippen LogP contribution in [0, 0.1) is 5.92 Å². The quantitative estimate of drug-likeness (QED) is 0.726. The lowest BCUT2D eigenvalue weighted by molar-refractivity contribution is 0.464. The van der Waals surface area contributed by atoms with Crippen LogP contribution in [0.25, 0.3) is 0 Å². The number of halogens is 3. The number of nitrogens with zero attached hydrogens (tertiary/aromatic N) is 2. The van der Waals surface area contributed by atoms with Gasteiger partial charge in [0.1, 0.15) is 5.82 Å². The summed E-state index contributed by atoms with van der Waals surface area (Å²) in [6, 6.07) is 1.75. The number of hydrogen-bond donors (Lipinski definition) is 0. The van der Waals surface area contributed by atoms with Gasteiger partial charge in [-0.15, -0.1) is 0 Å². The minimum Gasteiger partial charge on any atom is -0.355 e. The van der Waals surface area contributed by atoms with E-state index in [-0.39, 0.29) is 0 Å². The Kier molecular flexibility index (Phi) is 3.98. The summed E-state index contributed by atoms with van der Waals surface area (Å²) in [6.45, 7) is 4.19. The Morgan fingerprint density at radius 1 is 1.50 bits per heavy atom. The van der Waals surface area contributed by atoms with E-state index >= 15 is 0 Å². The SMILES string of the molecule is CC1CN(c2ncc(Cl)cc2Cl)CCC1Br. The molecule has 2 heterocycles. The molecule has 0 aliphatic carbocycles. The first kappa shape index (κ1) is 12.5. The van der Waals surface area contributed by atoms with Crippen molar-refractivity contribution in [2.45, 2.75) is 18.2 Å². The normalized spacial score (nSPS) is 25.9. The molecule has 1 aromatic rings. The monoisotopic (exact) mass is 322 g/mol. The second-order valence-electron chi connectivity index (χ2n) is 4.19. The van der Waals surface area contributed by atoms with Gasteiger partial charge >= 0.3 is 0 Å². The molecule has 0 radical (unpaired) electrons. The van der Waals surface area contributed by atoms with Crippen LogP contribution in [-0.2, 0) is 0 Å². The molecule has 1 saturated heterocycles. The summed E-state index contributed by atoms with van der Waals surface area (Å²) in [5.74, 6) is 1.44. The fourth-order valence-electron chi connectivity index (χ4n) is 1.95. The average Bonchev–Trinajstić information content (AvgIpc) is 2.22. The Bertz CT molecular complexity index is 386. The summed E-state index contributed by atoms with van der Waals surface area (Å²) in [5, 5.41) is 1.21. The van der Waals surface area contributed by atoms with Crippen molar-refractivity contribution in [1.82, 2.24) is 4.98 Å². The zero-order valence-electron chi connectivity index (χ0n) is 8.96. The Hall–Kier alpha value is 0.01000. The van der Waals surface area contributed by atoms with Gasteiger partial charge in [0.15, 0.2) is 0 Å². The molecule has 0 amide bonds. The third-order valence-corrected chi connectivity index (χ3v) is 4.73. The fourth-order valence-corrected chi connectivity index (χ4v) is 2.82. The second kappa shape index (κ2) is 5.11. The number of alkyl halides is 1. The van der Waals surface area contributed by atoms with Crippen LogP contribution in [0.5, 0.6) is 0 Å². The molecule has 2 atom stereocenters. The van der Waals surface area contributed by atoms with Crippen LogP contribution >= 0.6 is 39.1 Å². The Balaban J connectivity index is 2.18. The van der Waals surface area contributed by atoms with Gasteiger partial charge in [-0.1, -0.05) is 46.1 Å². The van der Waals surface area contributed by atoms with Gasteiger partial charge in [0.05, 0.1) is 10.0 Å². The van der Waals surface area contributed by atoms with Gasteiger partial charge in [0.2, 0.25) is 0 Å². The van der Waals surface area contributed by atoms with E-state index in [1.807, 2.05) is 0 Å². The molecule has 1 aliphatic heterocycles. The van der Waals surface area contributed by atoms with Crippen LogP contribution in [0.2, 0.25) is 10.0 Å². The predicted octanol–water partition coefficient (Wildman–Crippen LogP) is 4.00. The molecular weight excluding hydrogens is 311 g/mol. The number of pyridine rings is 1. The lowest BCUT2D eigenvalue weighted by atomic mass is 10.0. The first-order valence-corrected chi connectivity index (χ1v) is 6.95. The second-order valence-corrected chi connectivity index (χ2v) is 6.21. The number of aromatic nitrogens is 1. The average molecular weight is 324 g/mol. The predicted molar refractivity (Wildman–Crippen MR) is 73.0 cm³/mol. The van der Waals surface area contributed by atoms with Crippen LogP contribution < -0.4 is 4.90 Å². The maximum absolute atomic E-state index is 6.15. The van der Waals surface area contributed by atoms with Crippen molar-refractivity contribution in [1.29, 1.82) is 0 Å². The van der Waals surface area contributed by atoms with Gasteiger partial charge in [-0.2, -0.15) is 0 Å². The standard InChI is InChI=1S/C11H13BrCl2N2/c1-7-6-16(3-2-9(7)12)11-10(14)4-8(13)5-15-11/h4-5,7,9H,2-3,6H2,1H3. The zero-order chi connectivity index (χ0) is 11.7. The molecule has 2 unspecified atom stereocenters. The van der Waals surface area contributed by atoms with Crippen molar-refractivity contribution in [2.24, 2.45) is 5.92 Å². The summed E-state index contributed by atoms with van der Waals surface area (Å²) < 4.78 is 0. The lowest BCUT2D eigenvalue weighted by Gasteiger charge is -2.35. The molecule has 2 nitrogen and oxygen atoms in total. The molecule has 1 aliphatic rings. The maximum Gasteiger partial charge on any atom is 0.147 e. The van der Waals surface area contributed by atoms with E-state index < -0.39 is 0 Å². The summed E-state index contributed by atoms with van der Waals surface area (Å²) in [7, 11) is 0. The molecule has 0 saturated carbocycles. The van der Waals surface area contributed by atoms with Gasteiger partial charge in [-0.05, 0) is 18.4 Å². The molecular formula is C11H13BrCl2N2. The first-order valence-electron chi connectivity index (χ1n) is 5.28. The van der Waals surface area contributed by atoms with Crippen LogP contribution in [0.4, 0.5) is 5.82 Å². The van der Waals surface area contributed by atoms with Gasteiger partial charge < -0.3 is 4.90 Å². The van der Waals surface area contributed by atoms with Crippen molar-refractivity contribution >= 4 is 44.9 Å². The molecule has 1 fully saturated rings. The molecule has 0 bridgehead atoms. The molecule has 16 heavy (non-hydrogen) atoms. The summed E-state index contributed by atoms with van der Waals surface area (Å²) in [4.78, 5) is 7.12. The van der Waals surface area contributed by atoms with Crippen LogP contribution in [0.1, 0.15) is 13.3 Å². The lowest BCUT2D eigenvalue weighted by Crippen LogP contribution is -2.40. The Morgan fingerprint density at radius 3 is 2.88 bits per heavy atom. The van der Waals surface area contributed by atoms with Crippen molar-refractivity contribution in [3.05, 3.63) is 22.3 Å². The van der Waals surface area contributed by atoms with E-state index in [1.54, 1.807) is 12.3 Å². The summed E-state index contributed by atoms with van der Waals surface area (Å²) in [6.07, 6.45) is 2.76. The highest BCUT2D eigenvalue weighted by Crippen LogP contribution is 2.31. The highest BCUT2D eigenvalue weighted by Gasteiger charge is 2.25. The molecule has 88 valence electrons. The summed E-state index contributed by atoms with van der Waals surface area (Å²) >= 11 is 15.7. The van der Waals surface area contributed by atoms with Gasteiger partial charge in [0, 0.05) is 24.1 Å². The van der Waals surface area contributed by atoms with Crippen LogP contribution in [0.3, 0.4) is 0 Å². The maximum atomic E-state index is 6.15. The Labute approximate surface area is 114 Å². The summed E-state index contributed by atoms with van der Waals surface area (Å²) in [5.41, 5.74) is 0. The van der Waals surface area contributed by atoms with Crippen LogP contribution in [0.15, 0.2) is 12.3 Å². The van der Waals surface area contributed by atoms with E-state index in [0.717, 1.165) is 25.3 Å². The van der Waals surface area contributed by atoms with Gasteiger partial charge in [-0.25, -0.2) is 4.98 Å². The van der Waals surface area contributed by atoms with Crippen molar-refractivity contribution in [2.75, 3.05) is 18.0 Å². The molecule has 1 aromatic heterocycles.